The number of allylic oxidation sites excluding steroid dienone is 1. The molecule has 1 aromatic carbocycles. The van der Waals surface area contributed by atoms with E-state index in [1.165, 1.54) is 44.1 Å². The van der Waals surface area contributed by atoms with E-state index in [4.69, 9.17) is 0 Å². The third kappa shape index (κ3) is 1.66. The number of rotatable bonds is 2. The van der Waals surface area contributed by atoms with E-state index in [1.54, 1.807) is 22.3 Å². The predicted molar refractivity (Wildman–Crippen MR) is 74.5 cm³/mol. The lowest BCUT2D eigenvalue weighted by atomic mass is 9.80. The summed E-state index contributed by atoms with van der Waals surface area (Å²) in [7, 11) is 0. The zero-order valence-corrected chi connectivity index (χ0v) is 11.1. The third-order valence-corrected chi connectivity index (χ3v) is 4.52. The van der Waals surface area contributed by atoms with E-state index in [1.807, 2.05) is 0 Å². The molecule has 0 N–H and O–H groups in total. The molecule has 0 spiro atoms. The summed E-state index contributed by atoms with van der Waals surface area (Å²) in [6.07, 6.45) is 12.6. The minimum Gasteiger partial charge on any atom is -0.0764 e. The quantitative estimate of drug-likeness (QED) is 0.688. The maximum Gasteiger partial charge on any atom is 0.00274 e. The van der Waals surface area contributed by atoms with Gasteiger partial charge in [0.15, 0.2) is 0 Å². The normalized spacial score (nSPS) is 21.4. The maximum absolute atomic E-state index is 2.46. The summed E-state index contributed by atoms with van der Waals surface area (Å²) in [5.74, 6) is 0.697. The van der Waals surface area contributed by atoms with Crippen LogP contribution in [-0.4, -0.2) is 0 Å². The van der Waals surface area contributed by atoms with E-state index in [0.29, 0.717) is 5.92 Å². The Balaban J connectivity index is 2.20. The minimum atomic E-state index is 0.697. The van der Waals surface area contributed by atoms with Crippen LogP contribution in [0.15, 0.2) is 12.1 Å². The monoisotopic (exact) mass is 226 g/mol. The molecule has 0 fully saturated rings. The third-order valence-electron chi connectivity index (χ3n) is 4.52. The number of aryl methyl sites for hydroxylation is 1. The first-order valence-corrected chi connectivity index (χ1v) is 7.20. The van der Waals surface area contributed by atoms with Crippen molar-refractivity contribution >= 4 is 6.08 Å². The predicted octanol–water partition coefficient (Wildman–Crippen LogP) is 4.65. The molecule has 0 heteroatoms. The highest BCUT2D eigenvalue weighted by molar-refractivity contribution is 5.67. The van der Waals surface area contributed by atoms with Crippen molar-refractivity contribution in [1.82, 2.24) is 0 Å². The van der Waals surface area contributed by atoms with Crippen molar-refractivity contribution in [1.29, 1.82) is 0 Å². The Labute approximate surface area is 105 Å². The molecule has 0 aliphatic heterocycles. The Bertz CT molecular complexity index is 465. The zero-order valence-electron chi connectivity index (χ0n) is 11.1. The van der Waals surface area contributed by atoms with Crippen molar-refractivity contribution < 1.29 is 0 Å². The molecule has 1 unspecified atom stereocenters. The van der Waals surface area contributed by atoms with E-state index < -0.39 is 0 Å². The SMILES string of the molecule is CCc1cc2c(c3c1CCCC3)C(CC)C=C2. The number of hydrogen-bond acceptors (Lipinski definition) is 0. The second kappa shape index (κ2) is 4.33. The van der Waals surface area contributed by atoms with E-state index in [-0.39, 0.29) is 0 Å². The summed E-state index contributed by atoms with van der Waals surface area (Å²) in [6.45, 7) is 4.61. The van der Waals surface area contributed by atoms with Gasteiger partial charge in [-0.25, -0.2) is 0 Å². The second-order valence-electron chi connectivity index (χ2n) is 5.43. The highest BCUT2D eigenvalue weighted by atomic mass is 14.3. The molecule has 0 aromatic heterocycles. The molecule has 0 amide bonds. The Morgan fingerprint density at radius 2 is 1.88 bits per heavy atom. The highest BCUT2D eigenvalue weighted by Crippen LogP contribution is 2.40. The van der Waals surface area contributed by atoms with Gasteiger partial charge in [-0.1, -0.05) is 32.1 Å². The second-order valence-corrected chi connectivity index (χ2v) is 5.43. The molecule has 1 atom stereocenters. The summed E-state index contributed by atoms with van der Waals surface area (Å²) < 4.78 is 0. The fourth-order valence-electron chi connectivity index (χ4n) is 3.63. The van der Waals surface area contributed by atoms with Crippen molar-refractivity contribution in [3.8, 4) is 0 Å². The van der Waals surface area contributed by atoms with Crippen molar-refractivity contribution in [3.63, 3.8) is 0 Å². The Morgan fingerprint density at radius 3 is 2.59 bits per heavy atom. The lowest BCUT2D eigenvalue weighted by Crippen LogP contribution is -2.11. The summed E-state index contributed by atoms with van der Waals surface area (Å²) in [4.78, 5) is 0. The number of hydrogen-bond donors (Lipinski definition) is 0. The molecule has 17 heavy (non-hydrogen) atoms. The molecule has 0 saturated carbocycles. The molecule has 0 bridgehead atoms. The molecule has 2 aliphatic carbocycles. The molecule has 90 valence electrons. The molecule has 3 rings (SSSR count). The van der Waals surface area contributed by atoms with E-state index in [9.17, 15) is 0 Å². The number of fused-ring (bicyclic) bond motifs is 3. The highest BCUT2D eigenvalue weighted by Gasteiger charge is 2.25. The molecule has 2 aliphatic rings. The van der Waals surface area contributed by atoms with E-state index >= 15 is 0 Å². The van der Waals surface area contributed by atoms with Gasteiger partial charge in [-0.05, 0) is 66.3 Å². The molecule has 0 heterocycles. The first-order valence-electron chi connectivity index (χ1n) is 7.20. The molecular formula is C17H22. The van der Waals surface area contributed by atoms with Crippen LogP contribution in [0.1, 0.15) is 66.8 Å². The minimum absolute atomic E-state index is 0.697. The fourth-order valence-corrected chi connectivity index (χ4v) is 3.63. The van der Waals surface area contributed by atoms with Crippen molar-refractivity contribution in [2.24, 2.45) is 0 Å². The van der Waals surface area contributed by atoms with Gasteiger partial charge in [0.05, 0.1) is 0 Å². The molecule has 1 aromatic rings. The summed E-state index contributed by atoms with van der Waals surface area (Å²) in [5.41, 5.74) is 8.25. The molecule has 0 nitrogen and oxygen atoms in total. The average Bonchev–Trinajstić information content (AvgIpc) is 2.80. The van der Waals surface area contributed by atoms with Crippen LogP contribution in [0.5, 0.6) is 0 Å². The van der Waals surface area contributed by atoms with Gasteiger partial charge in [0, 0.05) is 5.92 Å². The lowest BCUT2D eigenvalue weighted by molar-refractivity contribution is 0.663. The smallest absolute Gasteiger partial charge is 0.00274 e. The van der Waals surface area contributed by atoms with Gasteiger partial charge in [0.1, 0.15) is 0 Å². The maximum atomic E-state index is 2.46. The standard InChI is InChI=1S/C17H22/c1-3-12-9-10-14-11-13(4-2)15-7-5-6-8-16(15)17(12)14/h9-12H,3-8H2,1-2H3. The van der Waals surface area contributed by atoms with Crippen molar-refractivity contribution in [2.45, 2.75) is 58.3 Å². The van der Waals surface area contributed by atoms with Crippen LogP contribution in [-0.2, 0) is 19.3 Å². The van der Waals surface area contributed by atoms with Gasteiger partial charge in [-0.3, -0.25) is 0 Å². The van der Waals surface area contributed by atoms with E-state index in [0.717, 1.165) is 0 Å². The van der Waals surface area contributed by atoms with Gasteiger partial charge in [-0.2, -0.15) is 0 Å². The fraction of sp³-hybridized carbons (Fsp3) is 0.529. The molecular weight excluding hydrogens is 204 g/mol. The lowest BCUT2D eigenvalue weighted by Gasteiger charge is -2.25. The van der Waals surface area contributed by atoms with Gasteiger partial charge in [-0.15, -0.1) is 0 Å². The van der Waals surface area contributed by atoms with Crippen LogP contribution in [0.4, 0.5) is 0 Å². The van der Waals surface area contributed by atoms with Crippen LogP contribution in [0.3, 0.4) is 0 Å². The Morgan fingerprint density at radius 1 is 1.12 bits per heavy atom. The molecule has 0 radical (unpaired) electrons. The summed E-state index contributed by atoms with van der Waals surface area (Å²) in [6, 6.07) is 2.46. The first kappa shape index (κ1) is 11.1. The van der Waals surface area contributed by atoms with Gasteiger partial charge < -0.3 is 0 Å². The first-order chi connectivity index (χ1) is 8.35. The van der Waals surface area contributed by atoms with Gasteiger partial charge in [0.2, 0.25) is 0 Å². The largest absolute Gasteiger partial charge is 0.0764 e. The van der Waals surface area contributed by atoms with Gasteiger partial charge >= 0.3 is 0 Å². The Hall–Kier alpha value is -1.04. The van der Waals surface area contributed by atoms with Crippen LogP contribution in [0.2, 0.25) is 0 Å². The summed E-state index contributed by atoms with van der Waals surface area (Å²) in [5, 5.41) is 0. The summed E-state index contributed by atoms with van der Waals surface area (Å²) >= 11 is 0. The Kier molecular flexibility index (Phi) is 2.82. The topological polar surface area (TPSA) is 0 Å². The number of benzene rings is 1. The van der Waals surface area contributed by atoms with Crippen LogP contribution < -0.4 is 0 Å². The zero-order chi connectivity index (χ0) is 11.8. The average molecular weight is 226 g/mol. The molecule has 0 saturated heterocycles. The van der Waals surface area contributed by atoms with Gasteiger partial charge in [0.25, 0.3) is 0 Å². The van der Waals surface area contributed by atoms with E-state index in [2.05, 4.69) is 32.1 Å². The van der Waals surface area contributed by atoms with Crippen LogP contribution in [0.25, 0.3) is 6.08 Å². The van der Waals surface area contributed by atoms with Crippen molar-refractivity contribution in [2.75, 3.05) is 0 Å². The van der Waals surface area contributed by atoms with Crippen LogP contribution >= 0.6 is 0 Å². The van der Waals surface area contributed by atoms with Crippen molar-refractivity contribution in [3.05, 3.63) is 40.0 Å². The van der Waals surface area contributed by atoms with Crippen LogP contribution in [0, 0.1) is 0 Å².